The second-order valence-corrected chi connectivity index (χ2v) is 4.84. The van der Waals surface area contributed by atoms with Gasteiger partial charge in [0.2, 0.25) is 0 Å². The van der Waals surface area contributed by atoms with Crippen LogP contribution in [0, 0.1) is 0 Å². The standard InChI is InChI=1S/C11H15NO4S/c1-15-9-5-4-7(8(13)6-17(3)14)10(12)11(9)16-2/h4-5H,6,12H2,1-3H3. The molecule has 0 aliphatic rings. The fourth-order valence-electron chi connectivity index (χ4n) is 1.46. The first-order valence-corrected chi connectivity index (χ1v) is 6.57. The minimum absolute atomic E-state index is 0.0559. The zero-order valence-electron chi connectivity index (χ0n) is 9.98. The molecule has 0 bridgehead atoms. The summed E-state index contributed by atoms with van der Waals surface area (Å²) in [6.07, 6.45) is 1.47. The average molecular weight is 257 g/mol. The van der Waals surface area contributed by atoms with E-state index < -0.39 is 10.8 Å². The Labute approximate surface area is 102 Å². The lowest BCUT2D eigenvalue weighted by atomic mass is 10.1. The summed E-state index contributed by atoms with van der Waals surface area (Å²) in [6.45, 7) is 0. The lowest BCUT2D eigenvalue weighted by Crippen LogP contribution is -2.12. The van der Waals surface area contributed by atoms with Crippen LogP contribution in [-0.2, 0) is 10.8 Å². The number of hydrogen-bond acceptors (Lipinski definition) is 5. The Morgan fingerprint density at radius 3 is 2.47 bits per heavy atom. The van der Waals surface area contributed by atoms with Gasteiger partial charge in [-0.05, 0) is 12.1 Å². The van der Waals surface area contributed by atoms with Crippen molar-refractivity contribution >= 4 is 22.3 Å². The van der Waals surface area contributed by atoms with E-state index >= 15 is 0 Å². The average Bonchev–Trinajstić information content (AvgIpc) is 2.27. The molecule has 94 valence electrons. The van der Waals surface area contributed by atoms with Crippen molar-refractivity contribution in [2.45, 2.75) is 0 Å². The summed E-state index contributed by atoms with van der Waals surface area (Å²) in [4.78, 5) is 11.8. The molecule has 0 fully saturated rings. The van der Waals surface area contributed by atoms with Crippen molar-refractivity contribution in [2.75, 3.05) is 32.0 Å². The molecular formula is C11H15NO4S. The number of ether oxygens (including phenoxy) is 2. The van der Waals surface area contributed by atoms with Gasteiger partial charge in [-0.3, -0.25) is 9.00 Å². The number of methoxy groups -OCH3 is 2. The summed E-state index contributed by atoms with van der Waals surface area (Å²) in [5.41, 5.74) is 6.34. The number of benzene rings is 1. The van der Waals surface area contributed by atoms with Crippen LogP contribution in [0.25, 0.3) is 0 Å². The van der Waals surface area contributed by atoms with Gasteiger partial charge in [-0.2, -0.15) is 0 Å². The second kappa shape index (κ2) is 5.67. The highest BCUT2D eigenvalue weighted by molar-refractivity contribution is 7.85. The van der Waals surface area contributed by atoms with Gasteiger partial charge >= 0.3 is 0 Å². The zero-order valence-corrected chi connectivity index (χ0v) is 10.8. The molecule has 0 heterocycles. The molecule has 0 radical (unpaired) electrons. The van der Waals surface area contributed by atoms with Crippen LogP contribution in [0.5, 0.6) is 11.5 Å². The van der Waals surface area contributed by atoms with E-state index in [4.69, 9.17) is 15.2 Å². The quantitative estimate of drug-likeness (QED) is 0.625. The maximum absolute atomic E-state index is 11.8. The topological polar surface area (TPSA) is 78.6 Å². The van der Waals surface area contributed by atoms with Crippen LogP contribution in [0.3, 0.4) is 0 Å². The first-order chi connectivity index (χ1) is 8.01. The SMILES string of the molecule is COc1ccc(C(=O)CS(C)=O)c(N)c1OC. The van der Waals surface area contributed by atoms with E-state index in [2.05, 4.69) is 0 Å². The van der Waals surface area contributed by atoms with Crippen molar-refractivity contribution in [2.24, 2.45) is 0 Å². The summed E-state index contributed by atoms with van der Waals surface area (Å²) >= 11 is 0. The maximum Gasteiger partial charge on any atom is 0.184 e. The van der Waals surface area contributed by atoms with Crippen LogP contribution >= 0.6 is 0 Å². The molecule has 0 aliphatic heterocycles. The summed E-state index contributed by atoms with van der Waals surface area (Å²) in [5.74, 6) is 0.448. The van der Waals surface area contributed by atoms with Gasteiger partial charge in [0, 0.05) is 22.6 Å². The Bertz CT molecular complexity index is 459. The van der Waals surface area contributed by atoms with E-state index in [1.54, 1.807) is 12.1 Å². The summed E-state index contributed by atoms with van der Waals surface area (Å²) in [6, 6.07) is 3.15. The van der Waals surface area contributed by atoms with Crippen LogP contribution in [0.1, 0.15) is 10.4 Å². The zero-order chi connectivity index (χ0) is 13.0. The van der Waals surface area contributed by atoms with Gasteiger partial charge in [0.05, 0.1) is 25.7 Å². The Morgan fingerprint density at radius 1 is 1.35 bits per heavy atom. The molecule has 1 unspecified atom stereocenters. The number of anilines is 1. The Balaban J connectivity index is 3.19. The fraction of sp³-hybridized carbons (Fsp3) is 0.364. The number of nitrogens with two attached hydrogens (primary N) is 1. The molecule has 0 aromatic heterocycles. The van der Waals surface area contributed by atoms with Gasteiger partial charge in [-0.25, -0.2) is 0 Å². The minimum Gasteiger partial charge on any atom is -0.493 e. The van der Waals surface area contributed by atoms with Gasteiger partial charge in [0.25, 0.3) is 0 Å². The lowest BCUT2D eigenvalue weighted by molar-refractivity contribution is 0.102. The number of ketones is 1. The predicted molar refractivity (Wildman–Crippen MR) is 67.2 cm³/mol. The van der Waals surface area contributed by atoms with E-state index in [0.29, 0.717) is 17.1 Å². The molecule has 0 amide bonds. The number of rotatable bonds is 5. The highest BCUT2D eigenvalue weighted by Crippen LogP contribution is 2.35. The maximum atomic E-state index is 11.8. The normalized spacial score (nSPS) is 11.9. The van der Waals surface area contributed by atoms with Gasteiger partial charge in [0.15, 0.2) is 17.3 Å². The van der Waals surface area contributed by atoms with Crippen LogP contribution in [0.4, 0.5) is 5.69 Å². The fourth-order valence-corrected chi connectivity index (χ4v) is 1.98. The van der Waals surface area contributed by atoms with Gasteiger partial charge in [-0.15, -0.1) is 0 Å². The number of carbonyl (C=O) groups is 1. The van der Waals surface area contributed by atoms with Gasteiger partial charge in [-0.1, -0.05) is 0 Å². The van der Waals surface area contributed by atoms with Crippen LogP contribution in [0.15, 0.2) is 12.1 Å². The number of Topliss-reactive ketones (excluding diaryl/α,β-unsaturated/α-hetero) is 1. The monoisotopic (exact) mass is 257 g/mol. The first-order valence-electron chi connectivity index (χ1n) is 4.85. The number of nitrogen functional groups attached to an aromatic ring is 1. The van der Waals surface area contributed by atoms with Crippen molar-refractivity contribution < 1.29 is 18.5 Å². The smallest absolute Gasteiger partial charge is 0.184 e. The minimum atomic E-state index is -1.20. The molecule has 1 aromatic rings. The van der Waals surface area contributed by atoms with E-state index in [9.17, 15) is 9.00 Å². The van der Waals surface area contributed by atoms with Gasteiger partial charge < -0.3 is 15.2 Å². The Hall–Kier alpha value is -1.56. The predicted octanol–water partition coefficient (Wildman–Crippen LogP) is 0.847. The highest BCUT2D eigenvalue weighted by atomic mass is 32.2. The molecule has 2 N–H and O–H groups in total. The summed E-state index contributed by atoms with van der Waals surface area (Å²) in [7, 11) is 1.73. The summed E-state index contributed by atoms with van der Waals surface area (Å²) in [5, 5.41) is 0. The van der Waals surface area contributed by atoms with E-state index in [-0.39, 0.29) is 17.2 Å². The molecule has 1 aromatic carbocycles. The third kappa shape index (κ3) is 2.97. The lowest BCUT2D eigenvalue weighted by Gasteiger charge is -2.12. The number of carbonyl (C=O) groups excluding carboxylic acids is 1. The third-order valence-corrected chi connectivity index (χ3v) is 2.89. The molecule has 0 saturated heterocycles. The van der Waals surface area contributed by atoms with E-state index in [1.165, 1.54) is 20.5 Å². The Kier molecular flexibility index (Phi) is 4.51. The number of hydrogen-bond donors (Lipinski definition) is 1. The molecule has 0 saturated carbocycles. The van der Waals surface area contributed by atoms with Crippen LogP contribution < -0.4 is 15.2 Å². The third-order valence-electron chi connectivity index (χ3n) is 2.22. The molecule has 17 heavy (non-hydrogen) atoms. The van der Waals surface area contributed by atoms with E-state index in [0.717, 1.165) is 0 Å². The molecule has 0 aliphatic carbocycles. The first kappa shape index (κ1) is 13.5. The van der Waals surface area contributed by atoms with Gasteiger partial charge in [0.1, 0.15) is 0 Å². The van der Waals surface area contributed by atoms with Crippen molar-refractivity contribution in [1.82, 2.24) is 0 Å². The van der Waals surface area contributed by atoms with E-state index in [1.807, 2.05) is 0 Å². The van der Waals surface area contributed by atoms with Crippen molar-refractivity contribution in [3.63, 3.8) is 0 Å². The van der Waals surface area contributed by atoms with Crippen molar-refractivity contribution in [3.05, 3.63) is 17.7 Å². The molecule has 1 rings (SSSR count). The van der Waals surface area contributed by atoms with Crippen LogP contribution in [-0.4, -0.2) is 36.2 Å². The summed E-state index contributed by atoms with van der Waals surface area (Å²) < 4.78 is 21.2. The Morgan fingerprint density at radius 2 is 2.00 bits per heavy atom. The largest absolute Gasteiger partial charge is 0.493 e. The molecule has 0 spiro atoms. The second-order valence-electron chi connectivity index (χ2n) is 3.40. The molecule has 6 heteroatoms. The van der Waals surface area contributed by atoms with Crippen molar-refractivity contribution in [1.29, 1.82) is 0 Å². The highest BCUT2D eigenvalue weighted by Gasteiger charge is 2.17. The van der Waals surface area contributed by atoms with Crippen molar-refractivity contribution in [3.8, 4) is 11.5 Å². The molecule has 1 atom stereocenters. The molecular weight excluding hydrogens is 242 g/mol. The molecule has 5 nitrogen and oxygen atoms in total. The van der Waals surface area contributed by atoms with Crippen LogP contribution in [0.2, 0.25) is 0 Å².